The Morgan fingerprint density at radius 2 is 1.60 bits per heavy atom. The number of rotatable bonds is 15. The van der Waals surface area contributed by atoms with E-state index in [0.29, 0.717) is 32.2 Å². The van der Waals surface area contributed by atoms with Crippen molar-refractivity contribution in [1.29, 1.82) is 0 Å². The Balaban J connectivity index is 1.34. The molecule has 4 aliphatic carbocycles. The van der Waals surface area contributed by atoms with E-state index in [0.717, 1.165) is 44.9 Å². The van der Waals surface area contributed by atoms with Gasteiger partial charge in [-0.05, 0) is 81.0 Å². The third-order valence-electron chi connectivity index (χ3n) is 12.4. The fourth-order valence-corrected chi connectivity index (χ4v) is 10.4. The predicted octanol–water partition coefficient (Wildman–Crippen LogP) is 3.40. The van der Waals surface area contributed by atoms with Crippen LogP contribution in [-0.2, 0) is 29.0 Å². The normalized spacial score (nSPS) is 26.2. The third kappa shape index (κ3) is 7.77. The first-order chi connectivity index (χ1) is 23.3. The molecule has 5 fully saturated rings. The fraction of sp³-hybridized carbons (Fsp3) is 0.811. The number of amides is 5. The molecule has 0 aromatic heterocycles. The molecule has 5 rings (SSSR count). The molecule has 5 aliphatic rings. The number of nitrogens with one attached hydrogen (secondary N) is 4. The van der Waals surface area contributed by atoms with Crippen molar-refractivity contribution in [2.75, 3.05) is 18.8 Å². The quantitative estimate of drug-likeness (QED) is 0.149. The Morgan fingerprint density at radius 3 is 2.14 bits per heavy atom. The van der Waals surface area contributed by atoms with E-state index in [1.807, 2.05) is 27.7 Å². The molecule has 4 N–H and O–H groups in total. The van der Waals surface area contributed by atoms with Crippen LogP contribution < -0.4 is 21.3 Å². The van der Waals surface area contributed by atoms with Crippen molar-refractivity contribution in [1.82, 2.24) is 26.2 Å². The summed E-state index contributed by atoms with van der Waals surface area (Å²) in [5.74, 6) is -2.09. The molecule has 1 unspecified atom stereocenters. The second kappa shape index (κ2) is 13.9. The average molecular weight is 718 g/mol. The molecule has 4 saturated carbocycles. The van der Waals surface area contributed by atoms with Crippen LogP contribution >= 0.6 is 0 Å². The minimum absolute atomic E-state index is 0.0372. The molecular weight excluding hydrogens is 659 g/mol. The molecule has 12 nitrogen and oxygen atoms in total. The number of piperidine rings is 1. The van der Waals surface area contributed by atoms with E-state index in [9.17, 15) is 32.4 Å². The van der Waals surface area contributed by atoms with Crippen molar-refractivity contribution in [3.05, 3.63) is 12.7 Å². The number of hydrogen-bond donors (Lipinski definition) is 4. The molecule has 13 heteroatoms. The van der Waals surface area contributed by atoms with Gasteiger partial charge in [0.05, 0.1) is 22.1 Å². The summed E-state index contributed by atoms with van der Waals surface area (Å²) in [6, 6.07) is -3.42. The molecule has 0 aromatic rings. The molecule has 5 atom stereocenters. The van der Waals surface area contributed by atoms with Crippen molar-refractivity contribution >= 4 is 39.4 Å². The molecule has 280 valence electrons. The molecule has 1 saturated heterocycles. The van der Waals surface area contributed by atoms with Gasteiger partial charge in [0.15, 0.2) is 9.84 Å². The molecule has 5 amide bonds. The van der Waals surface area contributed by atoms with Crippen LogP contribution in [0.4, 0.5) is 4.79 Å². The first kappa shape index (κ1) is 38.3. The molecule has 50 heavy (non-hydrogen) atoms. The lowest BCUT2D eigenvalue weighted by atomic mass is 9.83. The zero-order chi connectivity index (χ0) is 36.9. The summed E-state index contributed by atoms with van der Waals surface area (Å²) in [5.41, 5.74) is -1.65. The van der Waals surface area contributed by atoms with E-state index in [2.05, 4.69) is 27.8 Å². The molecule has 0 aromatic carbocycles. The van der Waals surface area contributed by atoms with Gasteiger partial charge in [-0.15, -0.1) is 6.58 Å². The van der Waals surface area contributed by atoms with Crippen LogP contribution in [-0.4, -0.2) is 90.1 Å². The molecule has 1 heterocycles. The van der Waals surface area contributed by atoms with Crippen LogP contribution in [0.15, 0.2) is 12.7 Å². The molecule has 0 bridgehead atoms. The second-order valence-electron chi connectivity index (χ2n) is 17.5. The number of urea groups is 1. The average Bonchev–Trinajstić information content (AvgIpc) is 4.01. The topological polar surface area (TPSA) is 171 Å². The maximum absolute atomic E-state index is 14.5. The van der Waals surface area contributed by atoms with Gasteiger partial charge in [0.2, 0.25) is 17.6 Å². The minimum atomic E-state index is -3.57. The van der Waals surface area contributed by atoms with Gasteiger partial charge in [0, 0.05) is 13.1 Å². The Morgan fingerprint density at radius 1 is 0.960 bits per heavy atom. The third-order valence-corrected chi connectivity index (χ3v) is 15.3. The van der Waals surface area contributed by atoms with E-state index >= 15 is 0 Å². The van der Waals surface area contributed by atoms with Crippen LogP contribution in [0.5, 0.6) is 0 Å². The monoisotopic (exact) mass is 717 g/mol. The largest absolute Gasteiger partial charge is 0.346 e. The molecule has 0 radical (unpaired) electrons. The summed E-state index contributed by atoms with van der Waals surface area (Å²) in [4.78, 5) is 69.8. The van der Waals surface area contributed by atoms with Crippen molar-refractivity contribution in [3.8, 4) is 0 Å². The van der Waals surface area contributed by atoms with Gasteiger partial charge in [-0.2, -0.15) is 0 Å². The van der Waals surface area contributed by atoms with Crippen LogP contribution in [0.3, 0.4) is 0 Å². The summed E-state index contributed by atoms with van der Waals surface area (Å²) in [7, 11) is -3.57. The highest BCUT2D eigenvalue weighted by atomic mass is 32.2. The second-order valence-corrected chi connectivity index (χ2v) is 20.1. The van der Waals surface area contributed by atoms with Gasteiger partial charge in [0.1, 0.15) is 12.1 Å². The van der Waals surface area contributed by atoms with Gasteiger partial charge >= 0.3 is 6.03 Å². The van der Waals surface area contributed by atoms with E-state index in [-0.39, 0.29) is 41.4 Å². The number of sulfone groups is 1. The highest BCUT2D eigenvalue weighted by Gasteiger charge is 2.79. The van der Waals surface area contributed by atoms with Gasteiger partial charge < -0.3 is 26.2 Å². The number of carbonyl (C=O) groups is 5. The van der Waals surface area contributed by atoms with Gasteiger partial charge in [0.25, 0.3) is 5.91 Å². The summed E-state index contributed by atoms with van der Waals surface area (Å²) in [6.45, 7) is 14.9. The summed E-state index contributed by atoms with van der Waals surface area (Å²) in [5, 5.41) is 11.4. The highest BCUT2D eigenvalue weighted by molar-refractivity contribution is 7.92. The molecule has 1 spiro atoms. The van der Waals surface area contributed by atoms with Crippen LogP contribution in [0, 0.1) is 28.6 Å². The summed E-state index contributed by atoms with van der Waals surface area (Å²) >= 11 is 0. The lowest BCUT2D eigenvalue weighted by molar-refractivity contribution is -0.145. The zero-order valence-electron chi connectivity index (χ0n) is 30.9. The minimum Gasteiger partial charge on any atom is -0.346 e. The van der Waals surface area contributed by atoms with Crippen molar-refractivity contribution < 1.29 is 32.4 Å². The van der Waals surface area contributed by atoms with Crippen molar-refractivity contribution in [2.24, 2.45) is 28.6 Å². The number of carbonyl (C=O) groups excluding carboxylic acids is 5. The number of Topliss-reactive ketones (excluding diaryl/α,β-unsaturated/α-hetero) is 1. The summed E-state index contributed by atoms with van der Waals surface area (Å²) < 4.78 is 26.1. The van der Waals surface area contributed by atoms with Gasteiger partial charge in [-0.1, -0.05) is 65.9 Å². The molecule has 1 aliphatic heterocycles. The van der Waals surface area contributed by atoms with Crippen LogP contribution in [0.2, 0.25) is 0 Å². The highest BCUT2D eigenvalue weighted by Crippen LogP contribution is 2.78. The van der Waals surface area contributed by atoms with Crippen LogP contribution in [0.25, 0.3) is 0 Å². The summed E-state index contributed by atoms with van der Waals surface area (Å²) in [6.07, 6.45) is 9.74. The van der Waals surface area contributed by atoms with Crippen molar-refractivity contribution in [3.63, 3.8) is 0 Å². The Hall–Kier alpha value is -2.96. The number of nitrogens with zero attached hydrogens (tertiary/aromatic N) is 1. The van der Waals surface area contributed by atoms with E-state index in [1.165, 1.54) is 6.08 Å². The van der Waals surface area contributed by atoms with Gasteiger partial charge in [-0.25, -0.2) is 13.2 Å². The Labute approximate surface area is 298 Å². The standard InChI is InChI=1S/C37H59N5O7S/c1-8-19-38-31(45)28(43)25(20-23-13-14-23)39-30(44)27-26-24(37(26)17-18-37)21-42(27)32(46)29(34(3,4)5)40-33(47)41-36(15-11-10-12-16-36)22-50(48,49)35(6,7)9-2/h8,23-27,29H,1,9-22H2,2-7H3,(H,38,45)(H,39,44)(H2,40,41,47)/t24-,25?,26-,27-,29+/m0/s1. The predicted molar refractivity (Wildman–Crippen MR) is 191 cm³/mol. The maximum atomic E-state index is 14.5. The number of likely N-dealkylation sites (tertiary alicyclic amines) is 1. The van der Waals surface area contributed by atoms with E-state index in [4.69, 9.17) is 0 Å². The lowest BCUT2D eigenvalue weighted by Gasteiger charge is -2.41. The lowest BCUT2D eigenvalue weighted by Crippen LogP contribution is -2.64. The first-order valence-corrected chi connectivity index (χ1v) is 20.3. The molecular formula is C37H59N5O7S. The number of fused-ring (bicyclic) bond motifs is 3. The van der Waals surface area contributed by atoms with Crippen molar-refractivity contribution in [2.45, 2.75) is 141 Å². The maximum Gasteiger partial charge on any atom is 0.315 e. The number of ketones is 1. The van der Waals surface area contributed by atoms with Crippen LogP contribution in [0.1, 0.15) is 112 Å². The van der Waals surface area contributed by atoms with E-state index < -0.39 is 67.3 Å². The zero-order valence-corrected chi connectivity index (χ0v) is 31.7. The fourth-order valence-electron chi connectivity index (χ4n) is 8.46. The Bertz CT molecular complexity index is 1490. The number of hydrogen-bond acceptors (Lipinski definition) is 7. The smallest absolute Gasteiger partial charge is 0.315 e. The first-order valence-electron chi connectivity index (χ1n) is 18.7. The van der Waals surface area contributed by atoms with Gasteiger partial charge in [-0.3, -0.25) is 19.2 Å². The SMILES string of the molecule is C=CCNC(=O)C(=O)C(CC1CC1)NC(=O)[C@@H]1[C@@H]2[C@H](CN1C(=O)[C@@H](NC(=O)NC1(CS(=O)(=O)C(C)(C)CC)CCCCC1)C(C)(C)C)C21CC1. The van der Waals surface area contributed by atoms with E-state index in [1.54, 1.807) is 18.7 Å². The Kier molecular flexibility index (Phi) is 10.6.